The van der Waals surface area contributed by atoms with Crippen LogP contribution < -0.4 is 0 Å². The molecule has 0 atom stereocenters. The Bertz CT molecular complexity index is 461. The number of hydrogen-bond acceptors (Lipinski definition) is 5. The van der Waals surface area contributed by atoms with E-state index in [4.69, 9.17) is 4.74 Å². The number of fused-ring (bicyclic) bond motifs is 1. The number of carbonyl (C=O) groups excluding carboxylic acids is 2. The number of ether oxygens (including phenoxy) is 1. The predicted octanol–water partition coefficient (Wildman–Crippen LogP) is 2.17. The molecule has 0 aromatic carbocycles. The van der Waals surface area contributed by atoms with E-state index in [1.165, 1.54) is 15.3 Å². The largest absolute Gasteiger partial charge is 0.465 e. The lowest BCUT2D eigenvalue weighted by molar-refractivity contribution is -0.143. The first kappa shape index (κ1) is 14.4. The molecule has 0 bridgehead atoms. The van der Waals surface area contributed by atoms with Gasteiger partial charge in [-0.05, 0) is 30.7 Å². The zero-order valence-corrected chi connectivity index (χ0v) is 12.7. The summed E-state index contributed by atoms with van der Waals surface area (Å²) >= 11 is 3.45. The van der Waals surface area contributed by atoms with E-state index in [0.29, 0.717) is 6.61 Å². The molecule has 0 radical (unpaired) electrons. The van der Waals surface area contributed by atoms with Crippen LogP contribution in [0.25, 0.3) is 0 Å². The van der Waals surface area contributed by atoms with Gasteiger partial charge in [-0.1, -0.05) is 0 Å². The van der Waals surface area contributed by atoms with E-state index in [-0.39, 0.29) is 18.4 Å². The van der Waals surface area contributed by atoms with Crippen molar-refractivity contribution in [3.05, 3.63) is 21.4 Å². The van der Waals surface area contributed by atoms with Crippen LogP contribution in [-0.2, 0) is 21.7 Å². The average Bonchev–Trinajstić information content (AvgIpc) is 2.81. The second-order valence-electron chi connectivity index (χ2n) is 4.33. The topological polar surface area (TPSA) is 46.6 Å². The lowest BCUT2D eigenvalue weighted by Crippen LogP contribution is -2.32. The van der Waals surface area contributed by atoms with E-state index in [9.17, 15) is 9.59 Å². The number of likely N-dealkylation sites (N-methyl/N-ethyl adjacent to an activating group) is 1. The molecule has 0 saturated heterocycles. The number of nitrogens with zero attached hydrogens (tertiary/aromatic N) is 1. The number of aryl methyl sites for hydroxylation is 1. The molecule has 104 valence electrons. The lowest BCUT2D eigenvalue weighted by Gasteiger charge is -2.14. The second-order valence-corrected chi connectivity index (χ2v) is 6.57. The van der Waals surface area contributed by atoms with Crippen LogP contribution in [-0.4, -0.2) is 42.7 Å². The van der Waals surface area contributed by atoms with Crippen molar-refractivity contribution in [3.63, 3.8) is 0 Å². The van der Waals surface area contributed by atoms with E-state index in [1.54, 1.807) is 25.3 Å². The maximum atomic E-state index is 12.2. The minimum atomic E-state index is -0.366. The van der Waals surface area contributed by atoms with Crippen molar-refractivity contribution in [2.45, 2.75) is 19.1 Å². The summed E-state index contributed by atoms with van der Waals surface area (Å²) in [7, 11) is 1.63. The fourth-order valence-electron chi connectivity index (χ4n) is 1.91. The first-order chi connectivity index (χ1) is 9.11. The van der Waals surface area contributed by atoms with Crippen molar-refractivity contribution >= 4 is 35.0 Å². The molecule has 0 spiro atoms. The van der Waals surface area contributed by atoms with Gasteiger partial charge in [-0.25, -0.2) is 0 Å². The summed E-state index contributed by atoms with van der Waals surface area (Å²) < 4.78 is 4.85. The zero-order valence-electron chi connectivity index (χ0n) is 11.1. The highest BCUT2D eigenvalue weighted by molar-refractivity contribution is 7.98. The van der Waals surface area contributed by atoms with E-state index in [1.807, 2.05) is 17.8 Å². The molecule has 6 heteroatoms. The number of thiophene rings is 1. The predicted molar refractivity (Wildman–Crippen MR) is 77.8 cm³/mol. The third-order valence-electron chi connectivity index (χ3n) is 2.86. The normalized spacial score (nSPS) is 13.8. The average molecular weight is 299 g/mol. The van der Waals surface area contributed by atoms with Gasteiger partial charge in [0.05, 0.1) is 11.5 Å². The third kappa shape index (κ3) is 3.51. The van der Waals surface area contributed by atoms with Crippen molar-refractivity contribution in [2.24, 2.45) is 0 Å². The first-order valence-electron chi connectivity index (χ1n) is 6.22. The Morgan fingerprint density at radius 1 is 1.47 bits per heavy atom. The van der Waals surface area contributed by atoms with E-state index in [2.05, 4.69) is 0 Å². The Morgan fingerprint density at radius 3 is 2.95 bits per heavy atom. The van der Waals surface area contributed by atoms with Crippen LogP contribution in [0.15, 0.2) is 6.07 Å². The minimum absolute atomic E-state index is 0.00396. The van der Waals surface area contributed by atoms with Gasteiger partial charge < -0.3 is 9.64 Å². The van der Waals surface area contributed by atoms with Gasteiger partial charge in [0.2, 0.25) is 0 Å². The Balaban J connectivity index is 2.02. The van der Waals surface area contributed by atoms with Crippen LogP contribution in [0.3, 0.4) is 0 Å². The highest BCUT2D eigenvalue weighted by Crippen LogP contribution is 2.32. The SMILES string of the molecule is CCOC(=O)CN(C)C(=O)c1cc2c(s1)CCSC2. The van der Waals surface area contributed by atoms with Crippen molar-refractivity contribution in [3.8, 4) is 0 Å². The van der Waals surface area contributed by atoms with Gasteiger partial charge >= 0.3 is 5.97 Å². The molecule has 0 aliphatic carbocycles. The lowest BCUT2D eigenvalue weighted by atomic mass is 10.2. The smallest absolute Gasteiger partial charge is 0.325 e. The summed E-state index contributed by atoms with van der Waals surface area (Å²) in [5, 5.41) is 0. The summed E-state index contributed by atoms with van der Waals surface area (Å²) in [5.74, 6) is 1.65. The van der Waals surface area contributed by atoms with Crippen LogP contribution in [0, 0.1) is 0 Å². The molecule has 1 aromatic heterocycles. The number of carbonyl (C=O) groups is 2. The maximum Gasteiger partial charge on any atom is 0.325 e. The number of thioether (sulfide) groups is 1. The van der Waals surface area contributed by atoms with Gasteiger partial charge in [0.15, 0.2) is 0 Å². The molecule has 0 N–H and O–H groups in total. The summed E-state index contributed by atoms with van der Waals surface area (Å²) in [5.41, 5.74) is 1.27. The van der Waals surface area contributed by atoms with Crippen molar-refractivity contribution in [1.29, 1.82) is 0 Å². The van der Waals surface area contributed by atoms with Gasteiger partial charge in [-0.3, -0.25) is 9.59 Å². The van der Waals surface area contributed by atoms with Gasteiger partial charge in [-0.15, -0.1) is 11.3 Å². The van der Waals surface area contributed by atoms with Crippen molar-refractivity contribution in [1.82, 2.24) is 4.90 Å². The molecule has 0 saturated carbocycles. The summed E-state index contributed by atoms with van der Waals surface area (Å²) in [4.78, 5) is 27.0. The molecule has 0 fully saturated rings. The molecule has 1 aliphatic heterocycles. The highest BCUT2D eigenvalue weighted by atomic mass is 32.2. The Kier molecular flexibility index (Phi) is 4.87. The third-order valence-corrected chi connectivity index (χ3v) is 5.09. The quantitative estimate of drug-likeness (QED) is 0.800. The Hall–Kier alpha value is -1.01. The molecular weight excluding hydrogens is 282 g/mol. The van der Waals surface area contributed by atoms with Gasteiger partial charge in [0.25, 0.3) is 5.91 Å². The molecule has 2 rings (SSSR count). The molecule has 19 heavy (non-hydrogen) atoms. The summed E-state index contributed by atoms with van der Waals surface area (Å²) in [6.07, 6.45) is 1.04. The standard InChI is InChI=1S/C13H17NO3S2/c1-3-17-12(15)7-14(2)13(16)11-6-9-8-18-5-4-10(9)19-11/h6H,3-5,7-8H2,1-2H3. The monoisotopic (exact) mass is 299 g/mol. The first-order valence-corrected chi connectivity index (χ1v) is 8.19. The van der Waals surface area contributed by atoms with Crippen LogP contribution in [0.4, 0.5) is 0 Å². The van der Waals surface area contributed by atoms with Gasteiger partial charge in [0.1, 0.15) is 6.54 Å². The number of rotatable bonds is 4. The van der Waals surface area contributed by atoms with Gasteiger partial charge in [0, 0.05) is 17.7 Å². The van der Waals surface area contributed by atoms with Crippen LogP contribution in [0.5, 0.6) is 0 Å². The molecule has 1 aromatic rings. The van der Waals surface area contributed by atoms with Crippen LogP contribution >= 0.6 is 23.1 Å². The molecular formula is C13H17NO3S2. The number of amides is 1. The Morgan fingerprint density at radius 2 is 2.26 bits per heavy atom. The van der Waals surface area contributed by atoms with E-state index in [0.717, 1.165) is 22.8 Å². The Labute approximate surface area is 121 Å². The zero-order chi connectivity index (χ0) is 13.8. The molecule has 1 aliphatic rings. The molecule has 4 nitrogen and oxygen atoms in total. The van der Waals surface area contributed by atoms with Gasteiger partial charge in [-0.2, -0.15) is 11.8 Å². The maximum absolute atomic E-state index is 12.2. The minimum Gasteiger partial charge on any atom is -0.465 e. The number of hydrogen-bond donors (Lipinski definition) is 0. The molecule has 2 heterocycles. The van der Waals surface area contributed by atoms with Crippen LogP contribution in [0.1, 0.15) is 27.0 Å². The number of esters is 1. The fraction of sp³-hybridized carbons (Fsp3) is 0.538. The van der Waals surface area contributed by atoms with Crippen LogP contribution in [0.2, 0.25) is 0 Å². The van der Waals surface area contributed by atoms with Crippen molar-refractivity contribution in [2.75, 3.05) is 26.0 Å². The fourth-order valence-corrected chi connectivity index (χ4v) is 4.28. The van der Waals surface area contributed by atoms with E-state index < -0.39 is 0 Å². The summed E-state index contributed by atoms with van der Waals surface area (Å²) in [6.45, 7) is 2.10. The highest BCUT2D eigenvalue weighted by Gasteiger charge is 2.21. The van der Waals surface area contributed by atoms with E-state index >= 15 is 0 Å². The second kappa shape index (κ2) is 6.43. The van der Waals surface area contributed by atoms with Crippen molar-refractivity contribution < 1.29 is 14.3 Å². The molecule has 1 amide bonds. The summed E-state index contributed by atoms with van der Waals surface area (Å²) in [6, 6.07) is 1.97. The molecule has 0 unspecified atom stereocenters.